The quantitative estimate of drug-likeness (QED) is 0.486. The lowest BCUT2D eigenvalue weighted by molar-refractivity contribution is -0.274. The minimum Gasteiger partial charge on any atom is -0.405 e. The number of para-hydroxylation sites is 1. The molecule has 0 fully saturated rings. The second-order valence-electron chi connectivity index (χ2n) is 4.50. The van der Waals surface area contributed by atoms with Crippen LogP contribution >= 0.6 is 28.4 Å². The van der Waals surface area contributed by atoms with E-state index in [4.69, 9.17) is 0 Å². The van der Waals surface area contributed by atoms with E-state index in [2.05, 4.69) is 37.2 Å². The molecule has 0 spiro atoms. The molecule has 138 valence electrons. The van der Waals surface area contributed by atoms with Crippen LogP contribution in [-0.2, 0) is 6.54 Å². The molecule has 1 amide bonds. The molecule has 1 aromatic carbocycles. The third kappa shape index (κ3) is 6.81. The average molecular weight is 487 g/mol. The molecule has 0 radical (unpaired) electrons. The first-order valence-corrected chi connectivity index (χ1v) is 11.4. The van der Waals surface area contributed by atoms with E-state index in [0.717, 1.165) is 11.8 Å². The van der Waals surface area contributed by atoms with Crippen LogP contribution in [0.2, 0.25) is 0 Å². The van der Waals surface area contributed by atoms with Gasteiger partial charge >= 0.3 is 6.36 Å². The number of carbonyl (C=O) groups excluding carboxylic acids is 1. The Bertz CT molecular complexity index is 708. The fraction of sp³-hybridized carbons (Fsp3) is 0.333. The number of alkyl halides is 3. The molecule has 5 nitrogen and oxygen atoms in total. The Balaban J connectivity index is 0.00000151. The molecule has 2 aromatic rings. The van der Waals surface area contributed by atoms with Crippen molar-refractivity contribution in [3.05, 3.63) is 47.3 Å². The van der Waals surface area contributed by atoms with Crippen molar-refractivity contribution in [3.63, 3.8) is 0 Å². The van der Waals surface area contributed by atoms with Crippen LogP contribution in [0.15, 0.2) is 30.3 Å². The maximum absolute atomic E-state index is 12.4. The van der Waals surface area contributed by atoms with Gasteiger partial charge in [0.15, 0.2) is 0 Å². The molecule has 0 aliphatic carbocycles. The van der Waals surface area contributed by atoms with E-state index in [1.165, 1.54) is 18.2 Å². The first-order valence-electron chi connectivity index (χ1n) is 7.35. The van der Waals surface area contributed by atoms with Gasteiger partial charge in [-0.25, -0.2) is 4.45 Å². The summed E-state index contributed by atoms with van der Waals surface area (Å²) in [6.45, 7) is 6.00. The summed E-state index contributed by atoms with van der Waals surface area (Å²) in [5, 5.41) is 6.82. The van der Waals surface area contributed by atoms with Gasteiger partial charge in [0, 0.05) is 5.69 Å². The summed E-state index contributed by atoms with van der Waals surface area (Å²) in [5.41, 5.74) is 1.40. The summed E-state index contributed by atoms with van der Waals surface area (Å²) >= 11 is 2.18. The van der Waals surface area contributed by atoms with Gasteiger partial charge < -0.3 is 10.1 Å². The van der Waals surface area contributed by atoms with Gasteiger partial charge in [0.25, 0.3) is 5.91 Å². The van der Waals surface area contributed by atoms with Crippen molar-refractivity contribution in [2.24, 2.45) is 0 Å². The predicted octanol–water partition coefficient (Wildman–Crippen LogP) is 4.84. The highest BCUT2D eigenvalue weighted by Gasteiger charge is 2.32. The molecule has 10 heteroatoms. The second-order valence-corrected chi connectivity index (χ2v) is 6.54. The van der Waals surface area contributed by atoms with Gasteiger partial charge in [0.05, 0.1) is 24.2 Å². The maximum atomic E-state index is 12.4. The van der Waals surface area contributed by atoms with Gasteiger partial charge in [-0.05, 0) is 47.2 Å². The van der Waals surface area contributed by atoms with Gasteiger partial charge in [-0.1, -0.05) is 26.0 Å². The van der Waals surface area contributed by atoms with E-state index in [1.54, 1.807) is 4.45 Å². The third-order valence-electron chi connectivity index (χ3n) is 2.81. The van der Waals surface area contributed by atoms with Gasteiger partial charge in [0.2, 0.25) is 0 Å². The Kier molecular flexibility index (Phi) is 8.64. The van der Waals surface area contributed by atoms with E-state index in [0.29, 0.717) is 12.1 Å². The Hall–Kier alpha value is -1.35. The predicted molar refractivity (Wildman–Crippen MR) is 100 cm³/mol. The van der Waals surface area contributed by atoms with E-state index in [-0.39, 0.29) is 12.1 Å². The number of benzene rings is 1. The van der Waals surface area contributed by atoms with Crippen LogP contribution in [0.5, 0.6) is 5.75 Å². The zero-order chi connectivity index (χ0) is 19.0. The van der Waals surface area contributed by atoms with Crippen molar-refractivity contribution >= 4 is 34.3 Å². The van der Waals surface area contributed by atoms with Crippen molar-refractivity contribution in [1.82, 2.24) is 14.9 Å². The minimum atomic E-state index is -4.85. The Morgan fingerprint density at radius 1 is 1.36 bits per heavy atom. The summed E-state index contributed by atoms with van der Waals surface area (Å²) < 4.78 is 42.7. The number of rotatable bonds is 5. The number of nitrogens with one attached hydrogen (secondary N) is 1. The molecule has 0 aliphatic rings. The van der Waals surface area contributed by atoms with Crippen molar-refractivity contribution in [2.45, 2.75) is 33.7 Å². The molecular formula is C15H18F3IN3O2P. The molecule has 1 aromatic heterocycles. The Labute approximate surface area is 158 Å². The zero-order valence-corrected chi connectivity index (χ0v) is 17.0. The molecule has 0 saturated heterocycles. The number of aryl methyl sites for hydroxylation is 1. The second kappa shape index (κ2) is 9.96. The molecule has 1 heterocycles. The van der Waals surface area contributed by atoms with Crippen LogP contribution in [0, 0.1) is 6.92 Å². The standard InChI is InChI=1S/C13H12F3IN3O2P.C2H6/c1-8-6-9(19-20(8)23-17)7-18-12(21)10-4-2-3-5-11(10)22-13(14,15)16;1-2/h2-6,23H,7H2,1H3,(H,18,21);1-2H3. The zero-order valence-electron chi connectivity index (χ0n) is 13.8. The van der Waals surface area contributed by atoms with E-state index >= 15 is 0 Å². The van der Waals surface area contributed by atoms with E-state index in [9.17, 15) is 18.0 Å². The fourth-order valence-corrected chi connectivity index (χ4v) is 3.67. The highest BCUT2D eigenvalue weighted by atomic mass is 127. The topological polar surface area (TPSA) is 56.1 Å². The van der Waals surface area contributed by atoms with Crippen LogP contribution in [0.1, 0.15) is 35.6 Å². The molecule has 1 N–H and O–H groups in total. The summed E-state index contributed by atoms with van der Waals surface area (Å²) in [7, 11) is 0. The molecule has 0 bridgehead atoms. The fourth-order valence-electron chi connectivity index (χ4n) is 1.84. The molecule has 2 rings (SSSR count). The number of nitrogens with zero attached hydrogens (tertiary/aromatic N) is 2. The number of ether oxygens (including phenoxy) is 1. The van der Waals surface area contributed by atoms with Gasteiger partial charge in [-0.2, -0.15) is 5.10 Å². The first-order chi connectivity index (χ1) is 11.8. The number of halogens is 4. The minimum absolute atomic E-state index is 0.119. The summed E-state index contributed by atoms with van der Waals surface area (Å²) in [6, 6.07) is 7.01. The normalized spacial score (nSPS) is 11.2. The van der Waals surface area contributed by atoms with Crippen LogP contribution < -0.4 is 10.1 Å². The van der Waals surface area contributed by atoms with Crippen LogP contribution in [0.3, 0.4) is 0 Å². The van der Waals surface area contributed by atoms with Crippen LogP contribution in [-0.4, -0.2) is 21.8 Å². The van der Waals surface area contributed by atoms with Crippen LogP contribution in [0.4, 0.5) is 13.2 Å². The van der Waals surface area contributed by atoms with E-state index < -0.39 is 18.0 Å². The van der Waals surface area contributed by atoms with Gasteiger partial charge in [-0.3, -0.25) is 4.79 Å². The number of carbonyl (C=O) groups is 1. The molecular weight excluding hydrogens is 469 g/mol. The SMILES string of the molecule is CC.Cc1cc(CNC(=O)c2ccccc2OC(F)(F)F)nn1PI. The number of hydrogen-bond acceptors (Lipinski definition) is 3. The molecule has 25 heavy (non-hydrogen) atoms. The summed E-state index contributed by atoms with van der Waals surface area (Å²) in [4.78, 5) is 12.1. The third-order valence-corrected chi connectivity index (χ3v) is 4.79. The summed E-state index contributed by atoms with van der Waals surface area (Å²) in [6.07, 6.45) is -4.42. The molecule has 1 atom stereocenters. The largest absolute Gasteiger partial charge is 0.573 e. The summed E-state index contributed by atoms with van der Waals surface area (Å²) in [5.74, 6) is -1.19. The van der Waals surface area contributed by atoms with Crippen molar-refractivity contribution in [2.75, 3.05) is 0 Å². The highest BCUT2D eigenvalue weighted by molar-refractivity contribution is 14.2. The van der Waals surface area contributed by atoms with E-state index in [1.807, 2.05) is 26.8 Å². The number of aromatic nitrogens is 2. The lowest BCUT2D eigenvalue weighted by atomic mass is 10.2. The smallest absolute Gasteiger partial charge is 0.405 e. The molecule has 1 unspecified atom stereocenters. The van der Waals surface area contributed by atoms with Crippen molar-refractivity contribution in [1.29, 1.82) is 0 Å². The molecule has 0 saturated carbocycles. The van der Waals surface area contributed by atoms with Gasteiger partial charge in [-0.15, -0.1) is 13.2 Å². The lowest BCUT2D eigenvalue weighted by Crippen LogP contribution is -2.25. The van der Waals surface area contributed by atoms with Crippen molar-refractivity contribution < 1.29 is 22.7 Å². The Morgan fingerprint density at radius 3 is 2.56 bits per heavy atom. The van der Waals surface area contributed by atoms with Crippen LogP contribution in [0.25, 0.3) is 0 Å². The van der Waals surface area contributed by atoms with Gasteiger partial charge in [0.1, 0.15) is 5.75 Å². The number of hydrogen-bond donors (Lipinski definition) is 1. The highest BCUT2D eigenvalue weighted by Crippen LogP contribution is 2.27. The first kappa shape index (κ1) is 21.7. The molecule has 0 aliphatic heterocycles. The Morgan fingerprint density at radius 2 is 2.00 bits per heavy atom. The average Bonchev–Trinajstić information content (AvgIpc) is 2.93. The lowest BCUT2D eigenvalue weighted by Gasteiger charge is -2.12. The number of amides is 1. The maximum Gasteiger partial charge on any atom is 0.573 e. The van der Waals surface area contributed by atoms with Crippen molar-refractivity contribution in [3.8, 4) is 5.75 Å². The monoisotopic (exact) mass is 487 g/mol.